The van der Waals surface area contributed by atoms with Crippen molar-refractivity contribution in [1.82, 2.24) is 14.5 Å². The molecular formula is C17H13F5N4O. The summed E-state index contributed by atoms with van der Waals surface area (Å²) in [7, 11) is 0. The van der Waals surface area contributed by atoms with Gasteiger partial charge in [-0.2, -0.15) is 13.2 Å². The predicted octanol–water partition coefficient (Wildman–Crippen LogP) is 4.23. The molecule has 0 bridgehead atoms. The van der Waals surface area contributed by atoms with Gasteiger partial charge in [-0.05, 0) is 30.2 Å². The smallest absolute Gasteiger partial charge is 0.296 e. The maximum atomic E-state index is 13.0. The molecule has 0 unspecified atom stereocenters. The van der Waals surface area contributed by atoms with E-state index in [0.29, 0.717) is 5.70 Å². The summed E-state index contributed by atoms with van der Waals surface area (Å²) in [5, 5.41) is 2.51. The second kappa shape index (κ2) is 5.86. The van der Waals surface area contributed by atoms with Crippen molar-refractivity contribution >= 4 is 28.7 Å². The summed E-state index contributed by atoms with van der Waals surface area (Å²) in [5.74, 6) is -3.66. The number of imidazole rings is 1. The number of alkyl halides is 5. The average Bonchev–Trinajstić information content (AvgIpc) is 2.80. The van der Waals surface area contributed by atoms with E-state index in [-0.39, 0.29) is 36.4 Å². The number of pyridine rings is 1. The Morgan fingerprint density at radius 2 is 1.96 bits per heavy atom. The number of halogens is 5. The number of carbonyl (C=O) groups excluding carboxylic acids is 1. The van der Waals surface area contributed by atoms with Crippen molar-refractivity contribution in [2.45, 2.75) is 31.4 Å². The summed E-state index contributed by atoms with van der Waals surface area (Å²) in [6.07, 6.45) is -0.476. The molecule has 142 valence electrons. The van der Waals surface area contributed by atoms with Gasteiger partial charge in [0, 0.05) is 19.3 Å². The van der Waals surface area contributed by atoms with Crippen LogP contribution in [-0.4, -0.2) is 26.4 Å². The van der Waals surface area contributed by atoms with E-state index in [0.717, 1.165) is 6.07 Å². The van der Waals surface area contributed by atoms with E-state index < -0.39 is 29.6 Å². The zero-order chi connectivity index (χ0) is 19.4. The van der Waals surface area contributed by atoms with Crippen molar-refractivity contribution in [3.63, 3.8) is 0 Å². The van der Waals surface area contributed by atoms with E-state index in [9.17, 15) is 26.7 Å². The van der Waals surface area contributed by atoms with E-state index in [1.807, 2.05) is 0 Å². The van der Waals surface area contributed by atoms with Crippen LogP contribution in [0.25, 0.3) is 16.9 Å². The van der Waals surface area contributed by atoms with Gasteiger partial charge in [-0.1, -0.05) is 6.08 Å². The number of carbonyl (C=O) groups is 1. The first kappa shape index (κ1) is 17.6. The van der Waals surface area contributed by atoms with Crippen molar-refractivity contribution in [2.24, 2.45) is 5.92 Å². The quantitative estimate of drug-likeness (QED) is 0.803. The van der Waals surface area contributed by atoms with Crippen LogP contribution in [0.4, 0.5) is 27.9 Å². The highest BCUT2D eigenvalue weighted by Crippen LogP contribution is 2.44. The van der Waals surface area contributed by atoms with E-state index in [1.165, 1.54) is 10.6 Å². The summed E-state index contributed by atoms with van der Waals surface area (Å²) < 4.78 is 66.0. The molecule has 4 rings (SSSR count). The Kier molecular flexibility index (Phi) is 3.83. The van der Waals surface area contributed by atoms with E-state index >= 15 is 0 Å². The second-order valence-electron chi connectivity index (χ2n) is 6.64. The maximum Gasteiger partial charge on any atom is 0.433 e. The van der Waals surface area contributed by atoms with E-state index in [2.05, 4.69) is 15.3 Å². The van der Waals surface area contributed by atoms with Gasteiger partial charge in [0.15, 0.2) is 5.65 Å². The van der Waals surface area contributed by atoms with Crippen LogP contribution in [0, 0.1) is 5.92 Å². The van der Waals surface area contributed by atoms with Gasteiger partial charge in [0.2, 0.25) is 17.8 Å². The Morgan fingerprint density at radius 1 is 1.26 bits per heavy atom. The number of nitrogens with one attached hydrogen (secondary N) is 1. The van der Waals surface area contributed by atoms with Crippen molar-refractivity contribution < 1.29 is 26.7 Å². The third-order valence-electron chi connectivity index (χ3n) is 4.49. The Hall–Kier alpha value is -2.78. The summed E-state index contributed by atoms with van der Waals surface area (Å²) in [6.45, 7) is 0. The number of anilines is 1. The van der Waals surface area contributed by atoms with Crippen molar-refractivity contribution in [2.75, 3.05) is 5.32 Å². The molecule has 27 heavy (non-hydrogen) atoms. The molecule has 0 saturated heterocycles. The summed E-state index contributed by atoms with van der Waals surface area (Å²) >= 11 is 0. The van der Waals surface area contributed by atoms with Crippen molar-refractivity contribution in [3.8, 4) is 0 Å². The van der Waals surface area contributed by atoms with Gasteiger partial charge in [-0.15, -0.1) is 0 Å². The molecule has 0 spiro atoms. The first-order chi connectivity index (χ1) is 12.6. The Bertz CT molecular complexity index is 981. The first-order valence-electron chi connectivity index (χ1n) is 8.15. The monoisotopic (exact) mass is 384 g/mol. The van der Waals surface area contributed by atoms with Gasteiger partial charge < -0.3 is 0 Å². The van der Waals surface area contributed by atoms with Gasteiger partial charge in [-0.25, -0.2) is 18.7 Å². The fraction of sp³-hybridized carbons (Fsp3) is 0.353. The Morgan fingerprint density at radius 3 is 2.52 bits per heavy atom. The molecule has 0 aliphatic heterocycles. The van der Waals surface area contributed by atoms with E-state index in [4.69, 9.17) is 0 Å². The first-order valence-corrected chi connectivity index (χ1v) is 8.15. The molecule has 1 N–H and O–H groups in total. The van der Waals surface area contributed by atoms with Gasteiger partial charge >= 0.3 is 6.18 Å². The standard InChI is InChI=1S/C17H13F5N4O/c18-16(19)7-9(8-16)6-13(27)25-15-23-11-4-5-12(17(20,21)22)24-14(11)26(15)10-2-1-3-10/h1-5,9H,6-8H2,(H,23,25,27). The maximum absolute atomic E-state index is 13.0. The Balaban J connectivity index is 1.63. The minimum absolute atomic E-state index is 0.00325. The van der Waals surface area contributed by atoms with Crippen LogP contribution in [0.2, 0.25) is 0 Å². The van der Waals surface area contributed by atoms with Crippen LogP contribution in [0.5, 0.6) is 0 Å². The Labute approximate surface area is 149 Å². The number of hydrogen-bond acceptors (Lipinski definition) is 3. The van der Waals surface area contributed by atoms with Crippen LogP contribution in [0.1, 0.15) is 25.0 Å². The lowest BCUT2D eigenvalue weighted by atomic mass is 9.79. The third kappa shape index (κ3) is 3.31. The number of hydrogen-bond donors (Lipinski definition) is 1. The highest BCUT2D eigenvalue weighted by Gasteiger charge is 2.45. The zero-order valence-electron chi connectivity index (χ0n) is 13.7. The molecule has 1 amide bonds. The largest absolute Gasteiger partial charge is 0.433 e. The van der Waals surface area contributed by atoms with Crippen molar-refractivity contribution in [3.05, 3.63) is 36.1 Å². The lowest BCUT2D eigenvalue weighted by molar-refractivity contribution is -0.141. The summed E-state index contributed by atoms with van der Waals surface area (Å²) in [5.41, 5.74) is -0.440. The van der Waals surface area contributed by atoms with Crippen LogP contribution in [0.3, 0.4) is 0 Å². The van der Waals surface area contributed by atoms with Gasteiger partial charge in [-0.3, -0.25) is 14.7 Å². The lowest BCUT2D eigenvalue weighted by Crippen LogP contribution is -2.37. The minimum atomic E-state index is -4.62. The number of allylic oxidation sites excluding steroid dienone is 4. The topological polar surface area (TPSA) is 59.8 Å². The molecule has 1 saturated carbocycles. The molecule has 2 aliphatic rings. The molecule has 2 heterocycles. The van der Waals surface area contributed by atoms with Crippen molar-refractivity contribution in [1.29, 1.82) is 0 Å². The fourth-order valence-corrected chi connectivity index (χ4v) is 3.14. The molecule has 2 aliphatic carbocycles. The predicted molar refractivity (Wildman–Crippen MR) is 86.9 cm³/mol. The second-order valence-corrected chi connectivity index (χ2v) is 6.64. The molecular weight excluding hydrogens is 371 g/mol. The number of fused-ring (bicyclic) bond motifs is 1. The number of nitrogens with zero attached hydrogens (tertiary/aromatic N) is 3. The van der Waals surface area contributed by atoms with E-state index in [1.54, 1.807) is 18.2 Å². The van der Waals surface area contributed by atoms with Gasteiger partial charge in [0.25, 0.3) is 0 Å². The molecule has 0 atom stereocenters. The molecule has 1 fully saturated rings. The summed E-state index contributed by atoms with van der Waals surface area (Å²) in [6, 6.07) is 1.99. The van der Waals surface area contributed by atoms with Gasteiger partial charge in [0.1, 0.15) is 11.2 Å². The minimum Gasteiger partial charge on any atom is -0.296 e. The van der Waals surface area contributed by atoms with Gasteiger partial charge in [0.05, 0.1) is 5.70 Å². The highest BCUT2D eigenvalue weighted by atomic mass is 19.4. The van der Waals surface area contributed by atoms with Crippen LogP contribution in [-0.2, 0) is 11.0 Å². The van der Waals surface area contributed by atoms with Crippen LogP contribution >= 0.6 is 0 Å². The zero-order valence-corrected chi connectivity index (χ0v) is 13.7. The molecule has 0 radical (unpaired) electrons. The average molecular weight is 384 g/mol. The molecule has 5 nitrogen and oxygen atoms in total. The van der Waals surface area contributed by atoms with Crippen LogP contribution < -0.4 is 5.32 Å². The molecule has 0 aromatic carbocycles. The SMILES string of the molecule is O=C(CC1CC(F)(F)C1)Nc1nc2ccc(C(F)(F)F)nc2n1C1=CC=C1. The fourth-order valence-electron chi connectivity index (χ4n) is 3.14. The highest BCUT2D eigenvalue weighted by molar-refractivity contribution is 5.93. The summed E-state index contributed by atoms with van der Waals surface area (Å²) in [4.78, 5) is 19.9. The third-order valence-corrected chi connectivity index (χ3v) is 4.49. The molecule has 10 heteroatoms. The number of amides is 1. The number of rotatable bonds is 4. The molecule has 2 aromatic heterocycles. The molecule has 2 aromatic rings. The lowest BCUT2D eigenvalue weighted by Gasteiger charge is -2.34. The van der Waals surface area contributed by atoms with Crippen LogP contribution in [0.15, 0.2) is 30.4 Å². The normalized spacial score (nSPS) is 18.8. The number of aromatic nitrogens is 3.